The van der Waals surface area contributed by atoms with Crippen LogP contribution in [0.3, 0.4) is 0 Å². The van der Waals surface area contributed by atoms with Crippen molar-refractivity contribution in [2.24, 2.45) is 0 Å². The molecule has 2 aromatic carbocycles. The minimum atomic E-state index is -0.566. The van der Waals surface area contributed by atoms with Crippen LogP contribution in [0.4, 0.5) is 11.4 Å². The van der Waals surface area contributed by atoms with E-state index in [1.165, 1.54) is 19.2 Å². The van der Waals surface area contributed by atoms with Gasteiger partial charge in [-0.25, -0.2) is 0 Å². The maximum absolute atomic E-state index is 12.1. The van der Waals surface area contributed by atoms with Crippen molar-refractivity contribution in [3.8, 4) is 11.5 Å². The van der Waals surface area contributed by atoms with Crippen LogP contribution in [-0.4, -0.2) is 24.5 Å². The molecule has 0 atom stereocenters. The molecular weight excluding hydrogens is 452 g/mol. The van der Waals surface area contributed by atoms with E-state index in [0.717, 1.165) is 15.6 Å². The van der Waals surface area contributed by atoms with Crippen molar-refractivity contribution in [3.63, 3.8) is 0 Å². The number of hydrogen-bond acceptors (Lipinski definition) is 5. The number of ether oxygens (including phenoxy) is 2. The second kappa shape index (κ2) is 9.75. The summed E-state index contributed by atoms with van der Waals surface area (Å²) in [5, 5.41) is 14.4. The molecule has 0 aliphatic carbocycles. The summed E-state index contributed by atoms with van der Waals surface area (Å²) in [6.45, 7) is 4.10. The molecule has 7 nitrogen and oxygen atoms in total. The molecule has 0 spiro atoms. The number of rotatable bonds is 8. The van der Waals surface area contributed by atoms with Gasteiger partial charge in [0.05, 0.1) is 29.2 Å². The molecule has 0 aliphatic heterocycles. The Morgan fingerprint density at radius 2 is 2.04 bits per heavy atom. The zero-order valence-electron chi connectivity index (χ0n) is 15.7. The van der Waals surface area contributed by atoms with Gasteiger partial charge in [-0.3, -0.25) is 14.9 Å². The molecule has 0 unspecified atom stereocenters. The summed E-state index contributed by atoms with van der Waals surface area (Å²) in [5.74, 6) is 0.669. The van der Waals surface area contributed by atoms with Crippen molar-refractivity contribution >= 4 is 44.8 Å². The highest BCUT2D eigenvalue weighted by Crippen LogP contribution is 2.35. The van der Waals surface area contributed by atoms with Crippen molar-refractivity contribution in [2.45, 2.75) is 26.7 Å². The summed E-state index contributed by atoms with van der Waals surface area (Å²) in [6.07, 6.45) is 0.606. The Kier molecular flexibility index (Phi) is 7.65. The molecule has 0 bridgehead atoms. The zero-order valence-corrected chi connectivity index (χ0v) is 18.0. The van der Waals surface area contributed by atoms with Crippen molar-refractivity contribution in [1.29, 1.82) is 0 Å². The van der Waals surface area contributed by atoms with E-state index in [2.05, 4.69) is 21.2 Å². The molecule has 0 saturated carbocycles. The van der Waals surface area contributed by atoms with Gasteiger partial charge in [0.2, 0.25) is 5.91 Å². The number of nitrogens with one attached hydrogen (secondary N) is 1. The van der Waals surface area contributed by atoms with Crippen LogP contribution in [0.25, 0.3) is 0 Å². The van der Waals surface area contributed by atoms with Crippen LogP contribution in [0.5, 0.6) is 11.5 Å². The van der Waals surface area contributed by atoms with Crippen molar-refractivity contribution in [3.05, 3.63) is 55.0 Å². The zero-order chi connectivity index (χ0) is 20.8. The van der Waals surface area contributed by atoms with Gasteiger partial charge in [0.25, 0.3) is 5.69 Å². The fourth-order valence-corrected chi connectivity index (χ4v) is 3.22. The van der Waals surface area contributed by atoms with Crippen LogP contribution in [0.2, 0.25) is 5.02 Å². The molecule has 2 rings (SSSR count). The van der Waals surface area contributed by atoms with Gasteiger partial charge >= 0.3 is 0 Å². The fraction of sp³-hybridized carbons (Fsp3) is 0.316. The van der Waals surface area contributed by atoms with Gasteiger partial charge < -0.3 is 14.8 Å². The van der Waals surface area contributed by atoms with E-state index in [1.807, 2.05) is 19.9 Å². The quantitative estimate of drug-likeness (QED) is 0.315. The van der Waals surface area contributed by atoms with Crippen LogP contribution in [-0.2, 0) is 4.79 Å². The lowest BCUT2D eigenvalue weighted by atomic mass is 10.1. The number of carbonyl (C=O) groups is 1. The second-order valence-corrected chi connectivity index (χ2v) is 7.26. The molecule has 0 saturated heterocycles. The Morgan fingerprint density at radius 3 is 2.68 bits per heavy atom. The SMILES string of the molecule is COc1ccc(NC(=O)CCCOc2cc(C)c(Cl)c(C)c2Br)c([N+](=O)[O-])c1. The first-order chi connectivity index (χ1) is 13.2. The van der Waals surface area contributed by atoms with Crippen molar-refractivity contribution in [1.82, 2.24) is 0 Å². The molecule has 28 heavy (non-hydrogen) atoms. The lowest BCUT2D eigenvalue weighted by molar-refractivity contribution is -0.384. The summed E-state index contributed by atoms with van der Waals surface area (Å²) in [4.78, 5) is 22.7. The van der Waals surface area contributed by atoms with Crippen LogP contribution in [0.1, 0.15) is 24.0 Å². The summed E-state index contributed by atoms with van der Waals surface area (Å²) < 4.78 is 11.5. The van der Waals surface area contributed by atoms with E-state index in [-0.39, 0.29) is 23.7 Å². The number of nitro benzene ring substituents is 1. The third-order valence-corrected chi connectivity index (χ3v) is 5.62. The molecule has 0 fully saturated rings. The van der Waals surface area contributed by atoms with Gasteiger partial charge in [-0.05, 0) is 65.5 Å². The molecule has 1 N–H and O–H groups in total. The number of methoxy groups -OCH3 is 1. The minimum absolute atomic E-state index is 0.128. The fourth-order valence-electron chi connectivity index (χ4n) is 2.53. The van der Waals surface area contributed by atoms with E-state index >= 15 is 0 Å². The third-order valence-electron chi connectivity index (χ3n) is 4.05. The Balaban J connectivity index is 1.91. The standard InChI is InChI=1S/C19H20BrClN2O5/c1-11-9-16(18(20)12(2)19(11)21)28-8-4-5-17(24)22-14-7-6-13(27-3)10-15(14)23(25)26/h6-7,9-10H,4-5,8H2,1-3H3,(H,22,24). The highest BCUT2D eigenvalue weighted by molar-refractivity contribution is 9.10. The van der Waals surface area contributed by atoms with Crippen LogP contribution in [0, 0.1) is 24.0 Å². The molecule has 9 heteroatoms. The van der Waals surface area contributed by atoms with E-state index in [4.69, 9.17) is 21.1 Å². The predicted octanol–water partition coefficient (Wildman–Crippen LogP) is 5.43. The van der Waals surface area contributed by atoms with Gasteiger partial charge in [-0.2, -0.15) is 0 Å². The maximum Gasteiger partial charge on any atom is 0.296 e. The highest BCUT2D eigenvalue weighted by atomic mass is 79.9. The normalized spacial score (nSPS) is 10.5. The Bertz CT molecular complexity index is 904. The number of halogens is 2. The molecule has 1 amide bonds. The molecule has 150 valence electrons. The molecular formula is C19H20BrClN2O5. The van der Waals surface area contributed by atoms with Crippen LogP contribution in [0.15, 0.2) is 28.7 Å². The van der Waals surface area contributed by atoms with Gasteiger partial charge in [-0.15, -0.1) is 0 Å². The molecule has 0 aliphatic rings. The van der Waals surface area contributed by atoms with Crippen molar-refractivity contribution in [2.75, 3.05) is 19.0 Å². The van der Waals surface area contributed by atoms with E-state index < -0.39 is 4.92 Å². The predicted molar refractivity (Wildman–Crippen MR) is 112 cm³/mol. The Hall–Kier alpha value is -2.32. The number of hydrogen-bond donors (Lipinski definition) is 1. The first-order valence-electron chi connectivity index (χ1n) is 8.44. The highest BCUT2D eigenvalue weighted by Gasteiger charge is 2.17. The lowest BCUT2D eigenvalue weighted by Crippen LogP contribution is -2.14. The number of aryl methyl sites for hydroxylation is 1. The molecule has 2 aromatic rings. The van der Waals surface area contributed by atoms with E-state index in [9.17, 15) is 14.9 Å². The lowest BCUT2D eigenvalue weighted by Gasteiger charge is -2.13. The van der Waals surface area contributed by atoms with E-state index in [1.54, 1.807) is 6.07 Å². The number of benzene rings is 2. The minimum Gasteiger partial charge on any atom is -0.496 e. The Labute approximate surface area is 176 Å². The van der Waals surface area contributed by atoms with Crippen molar-refractivity contribution < 1.29 is 19.2 Å². The monoisotopic (exact) mass is 470 g/mol. The Morgan fingerprint density at radius 1 is 1.32 bits per heavy atom. The van der Waals surface area contributed by atoms with Gasteiger partial charge in [0, 0.05) is 11.4 Å². The summed E-state index contributed by atoms with van der Waals surface area (Å²) in [5.41, 5.74) is 1.70. The smallest absolute Gasteiger partial charge is 0.296 e. The van der Waals surface area contributed by atoms with Gasteiger partial charge in [0.15, 0.2) is 0 Å². The summed E-state index contributed by atoms with van der Waals surface area (Å²) in [7, 11) is 1.42. The largest absolute Gasteiger partial charge is 0.496 e. The summed E-state index contributed by atoms with van der Waals surface area (Å²) in [6, 6.07) is 6.10. The summed E-state index contributed by atoms with van der Waals surface area (Å²) >= 11 is 9.66. The third kappa shape index (κ3) is 5.36. The number of nitro groups is 1. The first kappa shape index (κ1) is 22.0. The topological polar surface area (TPSA) is 90.7 Å². The first-order valence-corrected chi connectivity index (χ1v) is 9.62. The maximum atomic E-state index is 12.1. The van der Waals surface area contributed by atoms with E-state index in [0.29, 0.717) is 29.5 Å². The van der Waals surface area contributed by atoms with Gasteiger partial charge in [0.1, 0.15) is 17.2 Å². The number of carbonyl (C=O) groups excluding carboxylic acids is 1. The molecule has 0 radical (unpaired) electrons. The van der Waals surface area contributed by atoms with Crippen LogP contribution < -0.4 is 14.8 Å². The van der Waals surface area contributed by atoms with Crippen LogP contribution >= 0.6 is 27.5 Å². The average Bonchev–Trinajstić information content (AvgIpc) is 2.67. The number of anilines is 1. The van der Waals surface area contributed by atoms with Gasteiger partial charge in [-0.1, -0.05) is 11.6 Å². The number of nitrogens with zero attached hydrogens (tertiary/aromatic N) is 1. The molecule has 0 aromatic heterocycles. The molecule has 0 heterocycles. The number of amides is 1. The second-order valence-electron chi connectivity index (χ2n) is 6.08. The average molecular weight is 472 g/mol.